The van der Waals surface area contributed by atoms with E-state index in [1.165, 1.54) is 5.06 Å². The number of thioether (sulfide) groups is 1. The van der Waals surface area contributed by atoms with Gasteiger partial charge >= 0.3 is 5.97 Å². The average molecular weight is 173 g/mol. The second-order valence-electron chi connectivity index (χ2n) is 2.30. The first-order valence-corrected chi connectivity index (χ1v) is 4.31. The lowest BCUT2D eigenvalue weighted by atomic mass is 10.3. The fraction of sp³-hybridized carbons (Fsp3) is 0.500. The normalized spacial score (nSPS) is 28.5. The number of carboxylic acid groups (broad SMARTS) is 1. The second-order valence-corrected chi connectivity index (χ2v) is 3.51. The fourth-order valence-corrected chi connectivity index (χ4v) is 2.00. The smallest absolute Gasteiger partial charge is 0.354 e. The van der Waals surface area contributed by atoms with E-state index in [1.807, 2.05) is 0 Å². The third kappa shape index (κ3) is 1.00. The molecule has 1 N–H and O–H groups in total. The van der Waals surface area contributed by atoms with Gasteiger partial charge in [0.05, 0.1) is 0 Å². The van der Waals surface area contributed by atoms with Crippen LogP contribution in [0.3, 0.4) is 0 Å². The number of hydrogen-bond acceptors (Lipinski definition) is 4. The van der Waals surface area contributed by atoms with Crippen LogP contribution in [0.2, 0.25) is 0 Å². The summed E-state index contributed by atoms with van der Waals surface area (Å²) in [5, 5.41) is 10.3. The molecule has 0 aromatic carbocycles. The molecule has 1 unspecified atom stereocenters. The molecule has 2 aliphatic heterocycles. The molecule has 0 aliphatic carbocycles. The number of carbonyl (C=O) groups is 1. The van der Waals surface area contributed by atoms with Crippen LogP contribution in [0, 0.1) is 0 Å². The summed E-state index contributed by atoms with van der Waals surface area (Å²) >= 11 is 1.70. The van der Waals surface area contributed by atoms with E-state index in [4.69, 9.17) is 9.94 Å². The van der Waals surface area contributed by atoms with Crippen LogP contribution in [-0.4, -0.2) is 33.9 Å². The zero-order valence-electron chi connectivity index (χ0n) is 5.69. The van der Waals surface area contributed by atoms with Gasteiger partial charge in [-0.15, -0.1) is 11.8 Å². The Morgan fingerprint density at radius 3 is 3.18 bits per heavy atom. The summed E-state index contributed by atoms with van der Waals surface area (Å²) in [6.07, 6.45) is 1.67. The molecule has 0 radical (unpaired) electrons. The Morgan fingerprint density at radius 2 is 2.73 bits per heavy atom. The van der Waals surface area contributed by atoms with Crippen molar-refractivity contribution in [2.24, 2.45) is 0 Å². The molecule has 0 amide bonds. The number of hydroxylamine groups is 2. The van der Waals surface area contributed by atoms with Crippen LogP contribution in [0.4, 0.5) is 0 Å². The monoisotopic (exact) mass is 173 g/mol. The molecule has 0 aromatic heterocycles. The quantitative estimate of drug-likeness (QED) is 0.617. The summed E-state index contributed by atoms with van der Waals surface area (Å²) in [6.45, 7) is 0.634. The first kappa shape index (κ1) is 7.00. The van der Waals surface area contributed by atoms with Gasteiger partial charge in [0.1, 0.15) is 17.7 Å². The number of hydrogen-bond donors (Lipinski definition) is 1. The van der Waals surface area contributed by atoms with Gasteiger partial charge < -0.3 is 5.11 Å². The number of nitrogens with zero attached hydrogens (tertiary/aromatic N) is 1. The van der Waals surface area contributed by atoms with Crippen LogP contribution in [0.1, 0.15) is 0 Å². The third-order valence-corrected chi connectivity index (χ3v) is 2.71. The minimum atomic E-state index is -0.907. The van der Waals surface area contributed by atoms with E-state index in [0.717, 1.165) is 5.75 Å². The summed E-state index contributed by atoms with van der Waals surface area (Å²) in [6, 6.07) is 0. The lowest BCUT2D eigenvalue weighted by Crippen LogP contribution is -2.50. The third-order valence-electron chi connectivity index (χ3n) is 1.64. The topological polar surface area (TPSA) is 49.8 Å². The van der Waals surface area contributed by atoms with Crippen molar-refractivity contribution in [1.29, 1.82) is 0 Å². The van der Waals surface area contributed by atoms with E-state index in [2.05, 4.69) is 0 Å². The van der Waals surface area contributed by atoms with Crippen molar-refractivity contribution in [2.45, 2.75) is 5.37 Å². The highest BCUT2D eigenvalue weighted by molar-refractivity contribution is 8.00. The molecule has 4 nitrogen and oxygen atoms in total. The van der Waals surface area contributed by atoms with Crippen LogP contribution in [0.25, 0.3) is 0 Å². The Hall–Kier alpha value is -0.680. The molecule has 0 aromatic rings. The molecule has 0 saturated carbocycles. The number of fused-ring (bicyclic) bond motifs is 1. The van der Waals surface area contributed by atoms with Gasteiger partial charge in [-0.3, -0.25) is 4.84 Å². The zero-order valence-corrected chi connectivity index (χ0v) is 6.50. The molecule has 60 valence electrons. The molecule has 2 heterocycles. The molecular formula is C6H7NO3S. The average Bonchev–Trinajstić information content (AvgIpc) is 1.90. The van der Waals surface area contributed by atoms with Gasteiger partial charge in [0.25, 0.3) is 0 Å². The summed E-state index contributed by atoms with van der Waals surface area (Å²) in [5.41, 5.74) is 0.278. The molecule has 2 rings (SSSR count). The van der Waals surface area contributed by atoms with Crippen molar-refractivity contribution < 1.29 is 14.7 Å². The molecule has 1 atom stereocenters. The Balaban J connectivity index is 2.18. The van der Waals surface area contributed by atoms with Crippen LogP contribution in [0.5, 0.6) is 0 Å². The highest BCUT2D eigenvalue weighted by Crippen LogP contribution is 2.33. The second kappa shape index (κ2) is 2.42. The molecule has 11 heavy (non-hydrogen) atoms. The van der Waals surface area contributed by atoms with Crippen LogP contribution >= 0.6 is 11.8 Å². The molecule has 1 fully saturated rings. The van der Waals surface area contributed by atoms with Crippen LogP contribution in [-0.2, 0) is 9.63 Å². The highest BCUT2D eigenvalue weighted by atomic mass is 32.2. The summed E-state index contributed by atoms with van der Waals surface area (Å²) < 4.78 is 0. The maximum Gasteiger partial charge on any atom is 0.354 e. The van der Waals surface area contributed by atoms with E-state index < -0.39 is 5.97 Å². The van der Waals surface area contributed by atoms with Gasteiger partial charge in [-0.1, -0.05) is 0 Å². The van der Waals surface area contributed by atoms with E-state index in [-0.39, 0.29) is 11.1 Å². The summed E-state index contributed by atoms with van der Waals surface area (Å²) in [5.74, 6) is -0.137. The maximum atomic E-state index is 10.5. The number of rotatable bonds is 1. The molecule has 0 bridgehead atoms. The molecule has 1 saturated heterocycles. The summed E-state index contributed by atoms with van der Waals surface area (Å²) in [7, 11) is 0. The van der Waals surface area contributed by atoms with Crippen molar-refractivity contribution in [3.63, 3.8) is 0 Å². The lowest BCUT2D eigenvalue weighted by molar-refractivity contribution is -0.238. The van der Waals surface area contributed by atoms with Crippen LogP contribution in [0.15, 0.2) is 11.8 Å². The molecule has 0 spiro atoms. The van der Waals surface area contributed by atoms with Gasteiger partial charge in [-0.05, 0) is 6.08 Å². The van der Waals surface area contributed by atoms with E-state index in [1.54, 1.807) is 17.8 Å². The number of aliphatic carboxylic acids is 1. The SMILES string of the molecule is O=C(O)C1=CCSC2CON12. The molecule has 2 aliphatic rings. The minimum Gasteiger partial charge on any atom is -0.477 e. The van der Waals surface area contributed by atoms with Crippen molar-refractivity contribution in [3.8, 4) is 0 Å². The summed E-state index contributed by atoms with van der Waals surface area (Å²) in [4.78, 5) is 15.5. The standard InChI is InChI=1S/C6H7NO3S/c8-6(9)4-1-2-11-5-3-10-7(4)5/h1,5H,2-3H2,(H,8,9). The van der Waals surface area contributed by atoms with Crippen molar-refractivity contribution in [2.75, 3.05) is 12.4 Å². The molecule has 5 heteroatoms. The molecular weight excluding hydrogens is 166 g/mol. The van der Waals surface area contributed by atoms with E-state index in [0.29, 0.717) is 6.61 Å². The van der Waals surface area contributed by atoms with Gasteiger partial charge in [-0.2, -0.15) is 0 Å². The van der Waals surface area contributed by atoms with Gasteiger partial charge in [-0.25, -0.2) is 9.86 Å². The Kier molecular flexibility index (Phi) is 1.54. The van der Waals surface area contributed by atoms with Crippen LogP contribution < -0.4 is 0 Å². The Labute approximate surface area is 67.8 Å². The largest absolute Gasteiger partial charge is 0.477 e. The van der Waals surface area contributed by atoms with Crippen molar-refractivity contribution >= 4 is 17.7 Å². The number of carboxylic acids is 1. The Bertz CT molecular complexity index is 228. The zero-order chi connectivity index (χ0) is 7.84. The minimum absolute atomic E-state index is 0.228. The van der Waals surface area contributed by atoms with Gasteiger partial charge in [0.15, 0.2) is 0 Å². The highest BCUT2D eigenvalue weighted by Gasteiger charge is 2.37. The van der Waals surface area contributed by atoms with Crippen molar-refractivity contribution in [1.82, 2.24) is 5.06 Å². The van der Waals surface area contributed by atoms with Gasteiger partial charge in [0.2, 0.25) is 0 Å². The van der Waals surface area contributed by atoms with Gasteiger partial charge in [0, 0.05) is 5.75 Å². The van der Waals surface area contributed by atoms with E-state index >= 15 is 0 Å². The first-order valence-electron chi connectivity index (χ1n) is 3.26. The fourth-order valence-electron chi connectivity index (χ4n) is 1.06. The Morgan fingerprint density at radius 1 is 1.91 bits per heavy atom. The predicted molar refractivity (Wildman–Crippen MR) is 39.8 cm³/mol. The van der Waals surface area contributed by atoms with Crippen molar-refractivity contribution in [3.05, 3.63) is 11.8 Å². The van der Waals surface area contributed by atoms with E-state index in [9.17, 15) is 4.79 Å². The predicted octanol–water partition coefficient (Wildman–Crippen LogP) is 0.275. The lowest BCUT2D eigenvalue weighted by Gasteiger charge is -2.42. The maximum absolute atomic E-state index is 10.5. The first-order chi connectivity index (χ1) is 5.29.